The van der Waals surface area contributed by atoms with E-state index < -0.39 is 0 Å². The van der Waals surface area contributed by atoms with Crippen molar-refractivity contribution in [1.29, 1.82) is 0 Å². The van der Waals surface area contributed by atoms with E-state index in [4.69, 9.17) is 0 Å². The summed E-state index contributed by atoms with van der Waals surface area (Å²) in [5.74, 6) is 0. The maximum Gasteiger partial charge on any atom is 0.00682 e. The molecule has 1 N–H and O–H groups in total. The number of hydrogen-bond acceptors (Lipinski definition) is 2. The molecular weight excluding hydrogens is 196 g/mol. The molecule has 0 radical (unpaired) electrons. The lowest BCUT2D eigenvalue weighted by Gasteiger charge is -2.20. The van der Waals surface area contributed by atoms with Crippen LogP contribution in [-0.4, -0.2) is 37.1 Å². The van der Waals surface area contributed by atoms with Gasteiger partial charge < -0.3 is 10.2 Å². The predicted octanol–water partition coefficient (Wildman–Crippen LogP) is 3.03. The molecule has 0 aromatic carbocycles. The molecule has 0 aliphatic heterocycles. The van der Waals surface area contributed by atoms with E-state index in [-0.39, 0.29) is 0 Å². The fourth-order valence-corrected chi connectivity index (χ4v) is 2.20. The summed E-state index contributed by atoms with van der Waals surface area (Å²) < 4.78 is 0. The Balaban J connectivity index is 1.85. The molecule has 2 nitrogen and oxygen atoms in total. The van der Waals surface area contributed by atoms with Crippen molar-refractivity contribution in [2.45, 2.75) is 64.8 Å². The van der Waals surface area contributed by atoms with Crippen LogP contribution in [-0.2, 0) is 0 Å². The minimum absolute atomic E-state index is 0.886. The highest BCUT2D eigenvalue weighted by molar-refractivity contribution is 4.80. The molecule has 0 saturated heterocycles. The number of hydrogen-bond donors (Lipinski definition) is 1. The minimum atomic E-state index is 0.886. The van der Waals surface area contributed by atoms with Crippen LogP contribution in [0.3, 0.4) is 0 Å². The van der Waals surface area contributed by atoms with Crippen LogP contribution < -0.4 is 5.32 Å². The van der Waals surface area contributed by atoms with Crippen LogP contribution in [0, 0.1) is 0 Å². The lowest BCUT2D eigenvalue weighted by molar-refractivity contribution is 0.268. The van der Waals surface area contributed by atoms with Crippen molar-refractivity contribution in [3.8, 4) is 0 Å². The third-order valence-corrected chi connectivity index (χ3v) is 3.24. The first-order valence-corrected chi connectivity index (χ1v) is 7.32. The molecule has 0 aromatic rings. The second kappa shape index (κ2) is 9.00. The Morgan fingerprint density at radius 1 is 0.938 bits per heavy atom. The van der Waals surface area contributed by atoms with Crippen LogP contribution in [0.15, 0.2) is 0 Å². The van der Waals surface area contributed by atoms with Gasteiger partial charge in [0.2, 0.25) is 0 Å². The van der Waals surface area contributed by atoms with Crippen molar-refractivity contribution in [3.63, 3.8) is 0 Å². The molecule has 0 unspecified atom stereocenters. The van der Waals surface area contributed by atoms with E-state index in [0.29, 0.717) is 0 Å². The highest BCUT2D eigenvalue weighted by Crippen LogP contribution is 2.18. The summed E-state index contributed by atoms with van der Waals surface area (Å²) in [7, 11) is 0. The molecule has 1 rings (SSSR count). The Bertz CT molecular complexity index is 149. The Morgan fingerprint density at radius 3 is 2.19 bits per heavy atom. The molecular formula is C14H30N2. The Morgan fingerprint density at radius 2 is 1.62 bits per heavy atom. The standard InChI is InChI=1S/C14H30N2/c1-3-11-16(12-4-2)13-7-5-6-10-15-14-8-9-14/h14-15H,3-13H2,1-2H3. The fourth-order valence-electron chi connectivity index (χ4n) is 2.20. The zero-order chi connectivity index (χ0) is 11.6. The van der Waals surface area contributed by atoms with Gasteiger partial charge in [-0.2, -0.15) is 0 Å². The highest BCUT2D eigenvalue weighted by Gasteiger charge is 2.19. The van der Waals surface area contributed by atoms with Gasteiger partial charge in [-0.1, -0.05) is 20.3 Å². The molecule has 1 saturated carbocycles. The van der Waals surface area contributed by atoms with E-state index in [2.05, 4.69) is 24.1 Å². The lowest BCUT2D eigenvalue weighted by atomic mass is 10.2. The Labute approximate surface area is 102 Å². The third kappa shape index (κ3) is 7.24. The molecule has 0 heterocycles. The molecule has 0 atom stereocenters. The van der Waals surface area contributed by atoms with E-state index >= 15 is 0 Å². The summed E-state index contributed by atoms with van der Waals surface area (Å²) in [6.45, 7) is 9.68. The van der Waals surface area contributed by atoms with Crippen LogP contribution in [0.5, 0.6) is 0 Å². The van der Waals surface area contributed by atoms with Crippen LogP contribution in [0.4, 0.5) is 0 Å². The van der Waals surface area contributed by atoms with Crippen molar-refractivity contribution in [1.82, 2.24) is 10.2 Å². The van der Waals surface area contributed by atoms with Crippen molar-refractivity contribution < 1.29 is 0 Å². The zero-order valence-corrected chi connectivity index (χ0v) is 11.3. The van der Waals surface area contributed by atoms with Gasteiger partial charge in [0.25, 0.3) is 0 Å². The van der Waals surface area contributed by atoms with E-state index in [9.17, 15) is 0 Å². The maximum absolute atomic E-state index is 3.58. The second-order valence-corrected chi connectivity index (χ2v) is 5.13. The van der Waals surface area contributed by atoms with E-state index in [1.807, 2.05) is 0 Å². The summed E-state index contributed by atoms with van der Waals surface area (Å²) in [6, 6.07) is 0.886. The summed E-state index contributed by atoms with van der Waals surface area (Å²) >= 11 is 0. The Hall–Kier alpha value is -0.0800. The van der Waals surface area contributed by atoms with E-state index in [0.717, 1.165) is 6.04 Å². The summed E-state index contributed by atoms with van der Waals surface area (Å²) in [5, 5.41) is 3.58. The number of nitrogens with one attached hydrogen (secondary N) is 1. The first-order chi connectivity index (χ1) is 7.86. The highest BCUT2D eigenvalue weighted by atomic mass is 15.1. The average molecular weight is 226 g/mol. The molecule has 1 aliphatic rings. The molecule has 1 fully saturated rings. The van der Waals surface area contributed by atoms with Gasteiger partial charge in [-0.3, -0.25) is 0 Å². The molecule has 0 aromatic heterocycles. The second-order valence-electron chi connectivity index (χ2n) is 5.13. The van der Waals surface area contributed by atoms with Crippen LogP contribution in [0.2, 0.25) is 0 Å². The van der Waals surface area contributed by atoms with Crippen LogP contribution >= 0.6 is 0 Å². The monoisotopic (exact) mass is 226 g/mol. The minimum Gasteiger partial charge on any atom is -0.314 e. The van der Waals surface area contributed by atoms with Gasteiger partial charge in [-0.15, -0.1) is 0 Å². The van der Waals surface area contributed by atoms with Gasteiger partial charge in [0, 0.05) is 6.04 Å². The molecule has 1 aliphatic carbocycles. The van der Waals surface area contributed by atoms with Gasteiger partial charge in [0.15, 0.2) is 0 Å². The average Bonchev–Trinajstić information content (AvgIpc) is 3.07. The van der Waals surface area contributed by atoms with Crippen molar-refractivity contribution in [3.05, 3.63) is 0 Å². The molecule has 0 bridgehead atoms. The maximum atomic E-state index is 3.58. The summed E-state index contributed by atoms with van der Waals surface area (Å²) in [5.41, 5.74) is 0. The molecule has 16 heavy (non-hydrogen) atoms. The smallest absolute Gasteiger partial charge is 0.00682 e. The zero-order valence-electron chi connectivity index (χ0n) is 11.3. The number of nitrogens with zero attached hydrogens (tertiary/aromatic N) is 1. The normalized spacial score (nSPS) is 15.9. The summed E-state index contributed by atoms with van der Waals surface area (Å²) in [4.78, 5) is 2.62. The van der Waals surface area contributed by atoms with Gasteiger partial charge in [0.1, 0.15) is 0 Å². The van der Waals surface area contributed by atoms with E-state index in [1.54, 1.807) is 0 Å². The van der Waals surface area contributed by atoms with Crippen molar-refractivity contribution in [2.75, 3.05) is 26.2 Å². The van der Waals surface area contributed by atoms with Gasteiger partial charge in [-0.05, 0) is 64.7 Å². The van der Waals surface area contributed by atoms with Crippen LogP contribution in [0.25, 0.3) is 0 Å². The molecule has 2 heteroatoms. The van der Waals surface area contributed by atoms with E-state index in [1.165, 1.54) is 71.1 Å². The molecule has 0 spiro atoms. The van der Waals surface area contributed by atoms with Gasteiger partial charge in [0.05, 0.1) is 0 Å². The quantitative estimate of drug-likeness (QED) is 0.545. The predicted molar refractivity (Wildman–Crippen MR) is 71.9 cm³/mol. The topological polar surface area (TPSA) is 15.3 Å². The lowest BCUT2D eigenvalue weighted by Crippen LogP contribution is -2.26. The van der Waals surface area contributed by atoms with Gasteiger partial charge in [-0.25, -0.2) is 0 Å². The third-order valence-electron chi connectivity index (χ3n) is 3.24. The van der Waals surface area contributed by atoms with Crippen LogP contribution in [0.1, 0.15) is 58.8 Å². The number of unbranched alkanes of at least 4 members (excludes halogenated alkanes) is 2. The molecule has 0 amide bonds. The first-order valence-electron chi connectivity index (χ1n) is 7.32. The molecule has 96 valence electrons. The van der Waals surface area contributed by atoms with Crippen molar-refractivity contribution >= 4 is 0 Å². The Kier molecular flexibility index (Phi) is 7.87. The SMILES string of the molecule is CCCN(CCC)CCCCCNC1CC1. The van der Waals surface area contributed by atoms with Crippen molar-refractivity contribution in [2.24, 2.45) is 0 Å². The largest absolute Gasteiger partial charge is 0.314 e. The number of rotatable bonds is 11. The first kappa shape index (κ1) is 14.0. The van der Waals surface area contributed by atoms with Gasteiger partial charge >= 0.3 is 0 Å². The summed E-state index contributed by atoms with van der Waals surface area (Å²) in [6.07, 6.45) is 9.56. The fraction of sp³-hybridized carbons (Fsp3) is 1.00.